The summed E-state index contributed by atoms with van der Waals surface area (Å²) in [4.78, 5) is 12.7. The van der Waals surface area contributed by atoms with Gasteiger partial charge in [-0.2, -0.15) is 5.26 Å². The molecule has 0 bridgehead atoms. The van der Waals surface area contributed by atoms with Crippen molar-refractivity contribution in [3.05, 3.63) is 102 Å². The highest BCUT2D eigenvalue weighted by atomic mass is 16.5. The van der Waals surface area contributed by atoms with Crippen LogP contribution in [0.5, 0.6) is 5.75 Å². The van der Waals surface area contributed by atoms with Crippen molar-refractivity contribution in [3.8, 4) is 11.8 Å². The summed E-state index contributed by atoms with van der Waals surface area (Å²) < 4.78 is 7.91. The average Bonchev–Trinajstić information content (AvgIpc) is 3.17. The summed E-state index contributed by atoms with van der Waals surface area (Å²) in [7, 11) is 0. The van der Waals surface area contributed by atoms with Crippen LogP contribution in [-0.2, 0) is 11.3 Å². The maximum atomic E-state index is 12.7. The Bertz CT molecular complexity index is 1300. The van der Waals surface area contributed by atoms with Crippen molar-refractivity contribution in [1.29, 1.82) is 5.26 Å². The van der Waals surface area contributed by atoms with Crippen molar-refractivity contribution in [3.63, 3.8) is 0 Å². The molecule has 3 aromatic carbocycles. The molecule has 0 fully saturated rings. The van der Waals surface area contributed by atoms with Gasteiger partial charge in [0, 0.05) is 28.4 Å². The molecule has 4 rings (SSSR count). The predicted octanol–water partition coefficient (Wildman–Crippen LogP) is 5.57. The molecule has 0 spiro atoms. The smallest absolute Gasteiger partial charge is 0.266 e. The molecular weight excluding hydrogens is 398 g/mol. The number of fused-ring (bicyclic) bond motifs is 1. The Balaban J connectivity index is 1.56. The molecule has 0 radical (unpaired) electrons. The molecule has 0 aliphatic carbocycles. The quantitative estimate of drug-likeness (QED) is 0.313. The number of nitrogens with one attached hydrogen (secondary N) is 1. The van der Waals surface area contributed by atoms with E-state index in [-0.39, 0.29) is 5.57 Å². The second kappa shape index (κ2) is 9.67. The molecule has 1 N–H and O–H groups in total. The number of aryl methyl sites for hydroxylation is 1. The Kier molecular flexibility index (Phi) is 6.33. The molecule has 5 nitrogen and oxygen atoms in total. The monoisotopic (exact) mass is 421 g/mol. The zero-order valence-electron chi connectivity index (χ0n) is 17.8. The van der Waals surface area contributed by atoms with Crippen LogP contribution in [0.4, 0.5) is 5.69 Å². The molecule has 32 heavy (non-hydrogen) atoms. The SMILES string of the molecule is Cc1ccc(NC(=O)/C(C#N)=C\c2cn(CCOc3ccccc3)c3ccccc23)cc1. The number of hydrogen-bond acceptors (Lipinski definition) is 3. The van der Waals surface area contributed by atoms with Gasteiger partial charge < -0.3 is 14.6 Å². The van der Waals surface area contributed by atoms with E-state index in [2.05, 4.69) is 9.88 Å². The van der Waals surface area contributed by atoms with Gasteiger partial charge in [0.25, 0.3) is 5.91 Å². The molecule has 1 amide bonds. The number of benzene rings is 3. The number of anilines is 1. The van der Waals surface area contributed by atoms with Gasteiger partial charge in [-0.25, -0.2) is 0 Å². The van der Waals surface area contributed by atoms with E-state index in [0.717, 1.165) is 27.8 Å². The van der Waals surface area contributed by atoms with Gasteiger partial charge in [0.05, 0.1) is 6.54 Å². The Labute approximate surface area is 187 Å². The summed E-state index contributed by atoms with van der Waals surface area (Å²) >= 11 is 0. The van der Waals surface area contributed by atoms with Crippen LogP contribution in [0.1, 0.15) is 11.1 Å². The number of aromatic nitrogens is 1. The summed E-state index contributed by atoms with van der Waals surface area (Å²) in [6, 6.07) is 27.1. The first-order valence-electron chi connectivity index (χ1n) is 10.4. The fraction of sp³-hybridized carbons (Fsp3) is 0.111. The molecule has 5 heteroatoms. The number of nitriles is 1. The fourth-order valence-corrected chi connectivity index (χ4v) is 3.49. The molecule has 0 aliphatic heterocycles. The van der Waals surface area contributed by atoms with Gasteiger partial charge in [-0.05, 0) is 43.3 Å². The minimum Gasteiger partial charge on any atom is -0.492 e. The van der Waals surface area contributed by atoms with Crippen LogP contribution in [0.2, 0.25) is 0 Å². The number of para-hydroxylation sites is 2. The van der Waals surface area contributed by atoms with Crippen molar-refractivity contribution >= 4 is 28.6 Å². The van der Waals surface area contributed by atoms with E-state index in [4.69, 9.17) is 4.74 Å². The van der Waals surface area contributed by atoms with Crippen molar-refractivity contribution in [1.82, 2.24) is 4.57 Å². The Morgan fingerprint density at radius 1 is 1.03 bits per heavy atom. The van der Waals surface area contributed by atoms with E-state index in [1.165, 1.54) is 0 Å². The minimum atomic E-state index is -0.430. The highest BCUT2D eigenvalue weighted by Crippen LogP contribution is 2.24. The van der Waals surface area contributed by atoms with E-state index in [0.29, 0.717) is 18.8 Å². The highest BCUT2D eigenvalue weighted by molar-refractivity contribution is 6.10. The van der Waals surface area contributed by atoms with E-state index >= 15 is 0 Å². The average molecular weight is 422 g/mol. The molecule has 1 aromatic heterocycles. The number of hydrogen-bond donors (Lipinski definition) is 1. The second-order valence-electron chi connectivity index (χ2n) is 7.45. The third kappa shape index (κ3) is 4.88. The Hall–Kier alpha value is -4.30. The fourth-order valence-electron chi connectivity index (χ4n) is 3.49. The highest BCUT2D eigenvalue weighted by Gasteiger charge is 2.13. The lowest BCUT2D eigenvalue weighted by Gasteiger charge is -2.08. The molecule has 0 unspecified atom stereocenters. The van der Waals surface area contributed by atoms with Gasteiger partial charge in [0.1, 0.15) is 24.0 Å². The van der Waals surface area contributed by atoms with E-state index in [1.807, 2.05) is 98.1 Å². The van der Waals surface area contributed by atoms with Crippen LogP contribution in [0.15, 0.2) is 90.6 Å². The molecule has 4 aromatic rings. The summed E-state index contributed by atoms with van der Waals surface area (Å²) in [5.74, 6) is 0.393. The summed E-state index contributed by atoms with van der Waals surface area (Å²) in [5.41, 5.74) is 3.64. The standard InChI is InChI=1S/C27H23N3O2/c1-20-11-13-23(14-12-20)29-27(31)21(18-28)17-22-19-30(26-10-6-5-9-25(22)26)15-16-32-24-7-3-2-4-8-24/h2-14,17,19H,15-16H2,1H3,(H,29,31)/b21-17-. The lowest BCUT2D eigenvalue weighted by Crippen LogP contribution is -2.13. The predicted molar refractivity (Wildman–Crippen MR) is 127 cm³/mol. The molecule has 0 atom stereocenters. The summed E-state index contributed by atoms with van der Waals surface area (Å²) in [5, 5.41) is 13.4. The van der Waals surface area contributed by atoms with Gasteiger partial charge in [0.2, 0.25) is 0 Å². The van der Waals surface area contributed by atoms with Gasteiger partial charge in [-0.15, -0.1) is 0 Å². The van der Waals surface area contributed by atoms with Crippen molar-refractivity contribution in [2.24, 2.45) is 0 Å². The van der Waals surface area contributed by atoms with Crippen LogP contribution in [0, 0.1) is 18.3 Å². The van der Waals surface area contributed by atoms with E-state index in [1.54, 1.807) is 6.08 Å². The van der Waals surface area contributed by atoms with Gasteiger partial charge >= 0.3 is 0 Å². The van der Waals surface area contributed by atoms with Crippen molar-refractivity contribution in [2.45, 2.75) is 13.5 Å². The molecule has 0 saturated heterocycles. The number of amides is 1. The van der Waals surface area contributed by atoms with Crippen molar-refractivity contribution < 1.29 is 9.53 Å². The largest absolute Gasteiger partial charge is 0.492 e. The maximum Gasteiger partial charge on any atom is 0.266 e. The third-order valence-electron chi connectivity index (χ3n) is 5.14. The minimum absolute atomic E-state index is 0.0500. The first kappa shape index (κ1) is 21.0. The Morgan fingerprint density at radius 3 is 2.50 bits per heavy atom. The zero-order chi connectivity index (χ0) is 22.3. The van der Waals surface area contributed by atoms with Gasteiger partial charge in [0.15, 0.2) is 0 Å². The van der Waals surface area contributed by atoms with Crippen LogP contribution >= 0.6 is 0 Å². The van der Waals surface area contributed by atoms with Crippen molar-refractivity contribution in [2.75, 3.05) is 11.9 Å². The first-order valence-corrected chi connectivity index (χ1v) is 10.4. The lowest BCUT2D eigenvalue weighted by atomic mass is 10.1. The first-order chi connectivity index (χ1) is 15.6. The number of carbonyl (C=O) groups excluding carboxylic acids is 1. The summed E-state index contributed by atoms with van der Waals surface area (Å²) in [6.45, 7) is 3.12. The summed E-state index contributed by atoms with van der Waals surface area (Å²) in [6.07, 6.45) is 3.59. The number of ether oxygens (including phenoxy) is 1. The number of carbonyl (C=O) groups is 1. The topological polar surface area (TPSA) is 67.0 Å². The Morgan fingerprint density at radius 2 is 1.75 bits per heavy atom. The lowest BCUT2D eigenvalue weighted by molar-refractivity contribution is -0.112. The van der Waals surface area contributed by atoms with Gasteiger partial charge in [-0.1, -0.05) is 54.1 Å². The number of nitrogens with zero attached hydrogens (tertiary/aromatic N) is 2. The molecule has 158 valence electrons. The maximum absolute atomic E-state index is 12.7. The normalized spacial score (nSPS) is 11.2. The molecule has 0 saturated carbocycles. The third-order valence-corrected chi connectivity index (χ3v) is 5.14. The molecule has 0 aliphatic rings. The number of rotatable bonds is 7. The van der Waals surface area contributed by atoms with Crippen LogP contribution in [-0.4, -0.2) is 17.1 Å². The van der Waals surface area contributed by atoms with E-state index in [9.17, 15) is 10.1 Å². The van der Waals surface area contributed by atoms with Crippen LogP contribution in [0.25, 0.3) is 17.0 Å². The second-order valence-corrected chi connectivity index (χ2v) is 7.45. The van der Waals surface area contributed by atoms with Gasteiger partial charge in [-0.3, -0.25) is 4.79 Å². The molecular formula is C27H23N3O2. The van der Waals surface area contributed by atoms with E-state index < -0.39 is 5.91 Å². The van der Waals surface area contributed by atoms with Crippen LogP contribution in [0.3, 0.4) is 0 Å². The van der Waals surface area contributed by atoms with Crippen LogP contribution < -0.4 is 10.1 Å². The zero-order valence-corrected chi connectivity index (χ0v) is 17.8. The molecule has 1 heterocycles.